The Morgan fingerprint density at radius 1 is 1.29 bits per heavy atom. The van der Waals surface area contributed by atoms with Crippen molar-refractivity contribution in [3.8, 4) is 0 Å². The molecule has 0 radical (unpaired) electrons. The molecule has 1 heterocycles. The average Bonchev–Trinajstić information content (AvgIpc) is 2.78. The zero-order chi connectivity index (χ0) is 10.0. The lowest BCUT2D eigenvalue weighted by Crippen LogP contribution is -2.49. The molecule has 0 aromatic heterocycles. The molecule has 3 heteroatoms. The lowest BCUT2D eigenvalue weighted by Gasteiger charge is -2.35. The number of rotatable bonds is 1. The van der Waals surface area contributed by atoms with Crippen molar-refractivity contribution in [2.45, 2.75) is 51.0 Å². The molecule has 2 rings (SSSR count). The maximum Gasteiger partial charge on any atom is 0.317 e. The number of hydrogen-bond acceptors (Lipinski definition) is 1. The molecule has 2 aliphatic rings. The van der Waals surface area contributed by atoms with E-state index < -0.39 is 0 Å². The van der Waals surface area contributed by atoms with Crippen molar-refractivity contribution < 1.29 is 4.79 Å². The van der Waals surface area contributed by atoms with Gasteiger partial charge in [-0.25, -0.2) is 4.79 Å². The standard InChI is InChI=1S/C11H20N2O/c1-2-12-10(14)13-9-5-8-11(13)6-3-4-7-11/h2-9H2,1H3,(H,12,14). The Labute approximate surface area is 85.8 Å². The zero-order valence-corrected chi connectivity index (χ0v) is 9.01. The minimum Gasteiger partial charge on any atom is -0.338 e. The van der Waals surface area contributed by atoms with E-state index in [1.165, 1.54) is 38.5 Å². The maximum atomic E-state index is 11.8. The molecule has 1 saturated heterocycles. The summed E-state index contributed by atoms with van der Waals surface area (Å²) in [5, 5.41) is 2.93. The van der Waals surface area contributed by atoms with E-state index in [1.807, 2.05) is 6.92 Å². The van der Waals surface area contributed by atoms with Gasteiger partial charge in [-0.1, -0.05) is 12.8 Å². The lowest BCUT2D eigenvalue weighted by molar-refractivity contribution is 0.149. The van der Waals surface area contributed by atoms with Crippen LogP contribution in [-0.2, 0) is 0 Å². The van der Waals surface area contributed by atoms with Crippen molar-refractivity contribution >= 4 is 6.03 Å². The third kappa shape index (κ3) is 1.49. The van der Waals surface area contributed by atoms with Gasteiger partial charge in [0.25, 0.3) is 0 Å². The molecule has 1 spiro atoms. The van der Waals surface area contributed by atoms with Crippen molar-refractivity contribution in [3.05, 3.63) is 0 Å². The van der Waals surface area contributed by atoms with Gasteiger partial charge in [0, 0.05) is 18.6 Å². The van der Waals surface area contributed by atoms with Crippen LogP contribution in [0.4, 0.5) is 4.79 Å². The quantitative estimate of drug-likeness (QED) is 0.684. The van der Waals surface area contributed by atoms with Gasteiger partial charge in [0.05, 0.1) is 0 Å². The first kappa shape index (κ1) is 9.81. The number of hydrogen-bond donors (Lipinski definition) is 1. The van der Waals surface area contributed by atoms with Gasteiger partial charge in [0.2, 0.25) is 0 Å². The number of carbonyl (C=O) groups excluding carboxylic acids is 1. The predicted octanol–water partition coefficient (Wildman–Crippen LogP) is 2.12. The normalized spacial score (nSPS) is 24.5. The minimum absolute atomic E-state index is 0.159. The third-order valence-corrected chi connectivity index (χ3v) is 3.70. The number of urea groups is 1. The molecular weight excluding hydrogens is 176 g/mol. The molecule has 1 aliphatic carbocycles. The smallest absolute Gasteiger partial charge is 0.317 e. The first-order valence-electron chi connectivity index (χ1n) is 5.84. The average molecular weight is 196 g/mol. The van der Waals surface area contributed by atoms with Crippen molar-refractivity contribution in [1.29, 1.82) is 0 Å². The fraction of sp³-hybridized carbons (Fsp3) is 0.909. The molecule has 2 fully saturated rings. The van der Waals surface area contributed by atoms with Crippen molar-refractivity contribution in [2.75, 3.05) is 13.1 Å². The third-order valence-electron chi connectivity index (χ3n) is 3.70. The van der Waals surface area contributed by atoms with Gasteiger partial charge in [-0.15, -0.1) is 0 Å². The second kappa shape index (κ2) is 3.79. The molecule has 0 aromatic rings. The molecule has 0 unspecified atom stereocenters. The Morgan fingerprint density at radius 2 is 1.93 bits per heavy atom. The second-order valence-electron chi connectivity index (χ2n) is 4.52. The molecular formula is C11H20N2O. The second-order valence-corrected chi connectivity index (χ2v) is 4.52. The number of amides is 2. The predicted molar refractivity (Wildman–Crippen MR) is 56.2 cm³/mol. The Morgan fingerprint density at radius 3 is 2.57 bits per heavy atom. The van der Waals surface area contributed by atoms with Gasteiger partial charge in [-0.2, -0.15) is 0 Å². The van der Waals surface area contributed by atoms with E-state index in [-0.39, 0.29) is 11.6 Å². The van der Waals surface area contributed by atoms with Crippen molar-refractivity contribution in [2.24, 2.45) is 0 Å². The van der Waals surface area contributed by atoms with E-state index in [0.29, 0.717) is 0 Å². The van der Waals surface area contributed by atoms with E-state index in [9.17, 15) is 4.79 Å². The molecule has 1 saturated carbocycles. The van der Waals surface area contributed by atoms with Crippen LogP contribution >= 0.6 is 0 Å². The highest BCUT2D eigenvalue weighted by molar-refractivity contribution is 5.75. The van der Waals surface area contributed by atoms with Crippen LogP contribution in [0.2, 0.25) is 0 Å². The van der Waals surface area contributed by atoms with Gasteiger partial charge in [0.15, 0.2) is 0 Å². The van der Waals surface area contributed by atoms with Crippen molar-refractivity contribution in [1.82, 2.24) is 10.2 Å². The molecule has 1 N–H and O–H groups in total. The molecule has 0 atom stereocenters. The Bertz CT molecular complexity index is 216. The summed E-state index contributed by atoms with van der Waals surface area (Å²) in [6.07, 6.45) is 7.47. The number of likely N-dealkylation sites (tertiary alicyclic amines) is 1. The van der Waals surface area contributed by atoms with Crippen molar-refractivity contribution in [3.63, 3.8) is 0 Å². The van der Waals surface area contributed by atoms with Crippen LogP contribution in [-0.4, -0.2) is 29.6 Å². The molecule has 3 nitrogen and oxygen atoms in total. The van der Waals surface area contributed by atoms with Gasteiger partial charge in [0.1, 0.15) is 0 Å². The van der Waals surface area contributed by atoms with Gasteiger partial charge >= 0.3 is 6.03 Å². The number of carbonyl (C=O) groups is 1. The number of nitrogens with one attached hydrogen (secondary N) is 1. The SMILES string of the molecule is CCNC(=O)N1CCCC12CCCC2. The zero-order valence-electron chi connectivity index (χ0n) is 9.01. The topological polar surface area (TPSA) is 32.3 Å². The molecule has 0 aromatic carbocycles. The van der Waals surface area contributed by atoms with E-state index in [4.69, 9.17) is 0 Å². The van der Waals surface area contributed by atoms with E-state index >= 15 is 0 Å². The van der Waals surface area contributed by atoms with Crippen LogP contribution in [0.25, 0.3) is 0 Å². The van der Waals surface area contributed by atoms with E-state index in [2.05, 4.69) is 10.2 Å². The monoisotopic (exact) mass is 196 g/mol. The van der Waals surface area contributed by atoms with E-state index in [1.54, 1.807) is 0 Å². The summed E-state index contributed by atoms with van der Waals surface area (Å²) < 4.78 is 0. The van der Waals surface area contributed by atoms with Gasteiger partial charge in [-0.05, 0) is 32.6 Å². The molecule has 14 heavy (non-hydrogen) atoms. The minimum atomic E-state index is 0.159. The van der Waals surface area contributed by atoms with Crippen LogP contribution < -0.4 is 5.32 Å². The first-order chi connectivity index (χ1) is 6.78. The lowest BCUT2D eigenvalue weighted by atomic mass is 9.94. The maximum absolute atomic E-state index is 11.8. The summed E-state index contributed by atoms with van der Waals surface area (Å²) in [4.78, 5) is 13.9. The Kier molecular flexibility index (Phi) is 2.66. The summed E-state index contributed by atoms with van der Waals surface area (Å²) in [6.45, 7) is 3.69. The highest BCUT2D eigenvalue weighted by atomic mass is 16.2. The highest BCUT2D eigenvalue weighted by Gasteiger charge is 2.44. The van der Waals surface area contributed by atoms with Crippen LogP contribution in [0.5, 0.6) is 0 Å². The summed E-state index contributed by atoms with van der Waals surface area (Å²) in [5.41, 5.74) is 0.249. The fourth-order valence-corrected chi connectivity index (χ4v) is 3.05. The largest absolute Gasteiger partial charge is 0.338 e. The summed E-state index contributed by atoms with van der Waals surface area (Å²) in [5.74, 6) is 0. The highest BCUT2D eigenvalue weighted by Crippen LogP contribution is 2.42. The summed E-state index contributed by atoms with van der Waals surface area (Å²) in [7, 11) is 0. The fourth-order valence-electron chi connectivity index (χ4n) is 3.05. The first-order valence-corrected chi connectivity index (χ1v) is 5.84. The van der Waals surface area contributed by atoms with E-state index in [0.717, 1.165) is 13.1 Å². The van der Waals surface area contributed by atoms with Crippen LogP contribution in [0.3, 0.4) is 0 Å². The molecule has 0 bridgehead atoms. The van der Waals surface area contributed by atoms with Crippen LogP contribution in [0.1, 0.15) is 45.4 Å². The number of nitrogens with zero attached hydrogens (tertiary/aromatic N) is 1. The van der Waals surface area contributed by atoms with Gasteiger partial charge in [-0.3, -0.25) is 0 Å². The molecule has 80 valence electrons. The molecule has 1 aliphatic heterocycles. The Hall–Kier alpha value is -0.730. The Balaban J connectivity index is 2.06. The van der Waals surface area contributed by atoms with Gasteiger partial charge < -0.3 is 10.2 Å². The molecule has 2 amide bonds. The summed E-state index contributed by atoms with van der Waals surface area (Å²) >= 11 is 0. The van der Waals surface area contributed by atoms with Crippen LogP contribution in [0.15, 0.2) is 0 Å². The summed E-state index contributed by atoms with van der Waals surface area (Å²) in [6, 6.07) is 0.159. The van der Waals surface area contributed by atoms with Crippen LogP contribution in [0, 0.1) is 0 Å².